The van der Waals surface area contributed by atoms with Crippen LogP contribution in [0.3, 0.4) is 0 Å². The van der Waals surface area contributed by atoms with Crippen molar-refractivity contribution in [2.24, 2.45) is 4.99 Å². The zero-order valence-corrected chi connectivity index (χ0v) is 17.0. The van der Waals surface area contributed by atoms with Crippen molar-refractivity contribution in [1.82, 2.24) is 15.5 Å². The van der Waals surface area contributed by atoms with Gasteiger partial charge in [-0.25, -0.2) is 4.39 Å². The van der Waals surface area contributed by atoms with Crippen LogP contribution in [0.15, 0.2) is 59.6 Å². The minimum absolute atomic E-state index is 0.248. The van der Waals surface area contributed by atoms with Gasteiger partial charge in [-0.2, -0.15) is 10.1 Å². The van der Waals surface area contributed by atoms with Crippen LogP contribution in [0.1, 0.15) is 31.1 Å². The Labute approximate surface area is 173 Å². The van der Waals surface area contributed by atoms with Crippen molar-refractivity contribution in [1.29, 1.82) is 0 Å². The van der Waals surface area contributed by atoms with E-state index in [9.17, 15) is 9.18 Å². The van der Waals surface area contributed by atoms with Crippen LogP contribution < -0.4 is 10.6 Å². The first kappa shape index (κ1) is 20.5. The topological polar surface area (TPSA) is 82.2 Å². The fourth-order valence-electron chi connectivity index (χ4n) is 2.48. The van der Waals surface area contributed by atoms with E-state index >= 15 is 0 Å². The zero-order chi connectivity index (χ0) is 21.0. The summed E-state index contributed by atoms with van der Waals surface area (Å²) >= 11 is 5.92. The van der Waals surface area contributed by atoms with Gasteiger partial charge in [-0.3, -0.25) is 9.89 Å². The fourth-order valence-corrected chi connectivity index (χ4v) is 2.61. The fraction of sp³-hybridized carbons (Fsp3) is 0.190. The minimum atomic E-state index is -0.498. The van der Waals surface area contributed by atoms with E-state index in [4.69, 9.17) is 11.6 Å². The lowest BCUT2D eigenvalue weighted by atomic mass is 10.1. The largest absolute Gasteiger partial charge is 0.351 e. The number of carbonyl (C=O) groups is 1. The van der Waals surface area contributed by atoms with Crippen LogP contribution in [0.5, 0.6) is 0 Å². The predicted octanol–water partition coefficient (Wildman–Crippen LogP) is 4.87. The number of rotatable bonds is 3. The molecule has 6 nitrogen and oxygen atoms in total. The number of aromatic nitrogens is 2. The number of anilines is 1. The molecule has 150 valence electrons. The molecule has 0 saturated heterocycles. The third-order valence-corrected chi connectivity index (χ3v) is 4.02. The predicted molar refractivity (Wildman–Crippen MR) is 114 cm³/mol. The standard InChI is InChI=1S/C21H21ClFN5O/c1-21(2,3)26-20(25-19(29)14-6-10-16(23)11-7-14)24-18-12-17(27-28-18)13-4-8-15(22)9-5-13/h4-12H,1-3H3,(H3,24,25,26,27,28,29). The average Bonchev–Trinajstić information content (AvgIpc) is 3.09. The first-order chi connectivity index (χ1) is 13.7. The van der Waals surface area contributed by atoms with Crippen molar-refractivity contribution < 1.29 is 9.18 Å². The smallest absolute Gasteiger partial charge is 0.280 e. The number of hydrogen-bond donors (Lipinski definition) is 3. The molecule has 0 aliphatic carbocycles. The number of carbonyl (C=O) groups excluding carboxylic acids is 1. The molecule has 0 spiro atoms. The van der Waals surface area contributed by atoms with Gasteiger partial charge in [-0.15, -0.1) is 0 Å². The summed E-state index contributed by atoms with van der Waals surface area (Å²) in [5, 5.41) is 14.0. The number of hydrogen-bond acceptors (Lipinski definition) is 2. The van der Waals surface area contributed by atoms with Crippen LogP contribution in [0.25, 0.3) is 11.3 Å². The summed E-state index contributed by atoms with van der Waals surface area (Å²) in [4.78, 5) is 16.6. The average molecular weight is 414 g/mol. The van der Waals surface area contributed by atoms with Crippen molar-refractivity contribution in [3.63, 3.8) is 0 Å². The van der Waals surface area contributed by atoms with Gasteiger partial charge in [0.15, 0.2) is 0 Å². The Kier molecular flexibility index (Phi) is 5.98. The molecule has 1 aromatic heterocycles. The highest BCUT2D eigenvalue weighted by Crippen LogP contribution is 2.21. The number of guanidine groups is 1. The normalized spacial score (nSPS) is 12.0. The second-order valence-corrected chi connectivity index (χ2v) is 7.88. The van der Waals surface area contributed by atoms with E-state index in [1.54, 1.807) is 18.2 Å². The van der Waals surface area contributed by atoms with E-state index < -0.39 is 11.7 Å². The number of nitrogens with zero attached hydrogens (tertiary/aromatic N) is 2. The molecule has 0 saturated carbocycles. The molecule has 2 aromatic carbocycles. The molecule has 0 bridgehead atoms. The van der Waals surface area contributed by atoms with Crippen molar-refractivity contribution in [2.75, 3.05) is 5.32 Å². The molecule has 3 aromatic rings. The third-order valence-electron chi connectivity index (χ3n) is 3.77. The van der Waals surface area contributed by atoms with E-state index in [-0.39, 0.29) is 17.1 Å². The molecule has 0 aliphatic rings. The molecule has 0 aliphatic heterocycles. The van der Waals surface area contributed by atoms with E-state index in [2.05, 4.69) is 25.8 Å². The Morgan fingerprint density at radius 3 is 2.38 bits per heavy atom. The van der Waals surface area contributed by atoms with Gasteiger partial charge in [0.25, 0.3) is 5.91 Å². The first-order valence-corrected chi connectivity index (χ1v) is 9.32. The highest BCUT2D eigenvalue weighted by molar-refractivity contribution is 6.30. The van der Waals surface area contributed by atoms with Gasteiger partial charge in [0, 0.05) is 27.8 Å². The van der Waals surface area contributed by atoms with Gasteiger partial charge in [-0.05, 0) is 57.2 Å². The highest BCUT2D eigenvalue weighted by Gasteiger charge is 2.16. The second-order valence-electron chi connectivity index (χ2n) is 7.45. The van der Waals surface area contributed by atoms with Gasteiger partial charge in [-0.1, -0.05) is 23.7 Å². The molecule has 1 heterocycles. The van der Waals surface area contributed by atoms with Crippen molar-refractivity contribution in [2.45, 2.75) is 26.3 Å². The Hall–Kier alpha value is -3.19. The maximum atomic E-state index is 13.1. The first-order valence-electron chi connectivity index (χ1n) is 8.95. The molecule has 29 heavy (non-hydrogen) atoms. The number of aliphatic imine (C=N–C) groups is 1. The molecule has 8 heteroatoms. The summed E-state index contributed by atoms with van der Waals surface area (Å²) in [5.41, 5.74) is 1.54. The summed E-state index contributed by atoms with van der Waals surface area (Å²) in [6, 6.07) is 14.3. The Morgan fingerprint density at radius 2 is 1.76 bits per heavy atom. The summed E-state index contributed by atoms with van der Waals surface area (Å²) in [7, 11) is 0. The summed E-state index contributed by atoms with van der Waals surface area (Å²) in [6.07, 6.45) is 0. The Morgan fingerprint density at radius 1 is 1.10 bits per heavy atom. The molecule has 3 rings (SSSR count). The van der Waals surface area contributed by atoms with Crippen LogP contribution in [-0.2, 0) is 0 Å². The van der Waals surface area contributed by atoms with Gasteiger partial charge in [0.05, 0.1) is 5.69 Å². The lowest BCUT2D eigenvalue weighted by molar-refractivity contribution is 0.100. The van der Waals surface area contributed by atoms with Crippen LogP contribution in [0.2, 0.25) is 5.02 Å². The third kappa shape index (κ3) is 5.89. The lowest BCUT2D eigenvalue weighted by Gasteiger charge is -2.23. The van der Waals surface area contributed by atoms with Crippen molar-refractivity contribution in [3.8, 4) is 11.3 Å². The van der Waals surface area contributed by atoms with Crippen LogP contribution in [-0.4, -0.2) is 27.6 Å². The van der Waals surface area contributed by atoms with E-state index in [0.717, 1.165) is 5.56 Å². The zero-order valence-electron chi connectivity index (χ0n) is 16.3. The molecular weight excluding hydrogens is 393 g/mol. The second kappa shape index (κ2) is 8.45. The van der Waals surface area contributed by atoms with E-state index in [0.29, 0.717) is 16.5 Å². The van der Waals surface area contributed by atoms with Gasteiger partial charge in [0.2, 0.25) is 5.96 Å². The summed E-state index contributed by atoms with van der Waals surface area (Å²) in [6.45, 7) is 5.83. The van der Waals surface area contributed by atoms with Crippen molar-refractivity contribution >= 4 is 29.3 Å². The van der Waals surface area contributed by atoms with Gasteiger partial charge in [0.1, 0.15) is 11.6 Å². The van der Waals surface area contributed by atoms with Crippen LogP contribution in [0.4, 0.5) is 10.2 Å². The Bertz CT molecular complexity index is 1020. The number of benzene rings is 2. The number of halogens is 2. The van der Waals surface area contributed by atoms with Crippen LogP contribution in [0, 0.1) is 5.82 Å². The molecule has 0 radical (unpaired) electrons. The quantitative estimate of drug-likeness (QED) is 0.422. The monoisotopic (exact) mass is 413 g/mol. The summed E-state index contributed by atoms with van der Waals surface area (Å²) in [5.74, 6) is -0.110. The van der Waals surface area contributed by atoms with E-state index in [1.807, 2.05) is 32.9 Å². The molecule has 0 fully saturated rings. The SMILES string of the molecule is CC(C)(C)N/C(=N/C(=O)c1ccc(F)cc1)Nc1cc(-c2ccc(Cl)cc2)n[nH]1. The molecular formula is C21H21ClFN5O. The molecule has 0 unspecified atom stereocenters. The van der Waals surface area contributed by atoms with Crippen LogP contribution >= 0.6 is 11.6 Å². The van der Waals surface area contributed by atoms with Gasteiger partial charge < -0.3 is 10.6 Å². The number of H-pyrrole nitrogens is 1. The maximum Gasteiger partial charge on any atom is 0.280 e. The van der Waals surface area contributed by atoms with E-state index in [1.165, 1.54) is 24.3 Å². The number of aromatic amines is 1. The number of nitrogens with one attached hydrogen (secondary N) is 3. The minimum Gasteiger partial charge on any atom is -0.351 e. The maximum absolute atomic E-state index is 13.1. The molecule has 0 atom stereocenters. The summed E-state index contributed by atoms with van der Waals surface area (Å²) < 4.78 is 13.1. The van der Waals surface area contributed by atoms with Gasteiger partial charge >= 0.3 is 0 Å². The number of amides is 1. The lowest BCUT2D eigenvalue weighted by Crippen LogP contribution is -2.44. The molecule has 1 amide bonds. The Balaban J connectivity index is 1.83. The highest BCUT2D eigenvalue weighted by atomic mass is 35.5. The van der Waals surface area contributed by atoms with Crippen molar-refractivity contribution in [3.05, 3.63) is 71.0 Å². The molecule has 3 N–H and O–H groups in total.